The van der Waals surface area contributed by atoms with Gasteiger partial charge in [-0.3, -0.25) is 4.79 Å². The number of hydrogen-bond acceptors (Lipinski definition) is 5. The summed E-state index contributed by atoms with van der Waals surface area (Å²) in [6.07, 6.45) is 0. The van der Waals surface area contributed by atoms with Crippen LogP contribution in [0.25, 0.3) is 10.9 Å². The molecule has 0 atom stereocenters. The lowest BCUT2D eigenvalue weighted by Crippen LogP contribution is -2.12. The number of benzene rings is 2. The first-order valence-corrected chi connectivity index (χ1v) is 8.71. The lowest BCUT2D eigenvalue weighted by Gasteiger charge is -2.19. The van der Waals surface area contributed by atoms with Gasteiger partial charge in [-0.25, -0.2) is 4.98 Å². The summed E-state index contributed by atoms with van der Waals surface area (Å²) in [6.45, 7) is 0.710. The Morgan fingerprint density at radius 3 is 3.08 bits per heavy atom. The fraction of sp³-hybridized carbons (Fsp3) is 0.176. The minimum absolute atomic E-state index is 0.131. The maximum absolute atomic E-state index is 12.1. The molecule has 2 heterocycles. The van der Waals surface area contributed by atoms with Gasteiger partial charge in [-0.05, 0) is 29.8 Å². The molecule has 122 valence electrons. The second-order valence-electron chi connectivity index (χ2n) is 5.35. The van der Waals surface area contributed by atoms with Crippen LogP contribution in [-0.2, 0) is 17.1 Å². The van der Waals surface area contributed by atoms with Crippen molar-refractivity contribution in [3.05, 3.63) is 62.9 Å². The third kappa shape index (κ3) is 3.00. The predicted octanol–water partition coefficient (Wildman–Crippen LogP) is 3.74. The van der Waals surface area contributed by atoms with E-state index in [1.807, 2.05) is 30.3 Å². The summed E-state index contributed by atoms with van der Waals surface area (Å²) in [6, 6.07) is 11.2. The number of aromatic nitrogens is 2. The van der Waals surface area contributed by atoms with Crippen LogP contribution in [0.4, 0.5) is 0 Å². The maximum atomic E-state index is 12.1. The molecule has 3 aromatic rings. The molecule has 0 radical (unpaired) electrons. The van der Waals surface area contributed by atoms with Crippen LogP contribution >= 0.6 is 23.4 Å². The Hall–Kier alpha value is -2.02. The number of halogens is 1. The molecule has 7 heteroatoms. The first-order valence-electron chi connectivity index (χ1n) is 7.34. The number of hydrogen-bond donors (Lipinski definition) is 1. The number of H-pyrrole nitrogens is 1. The van der Waals surface area contributed by atoms with Crippen molar-refractivity contribution in [3.8, 4) is 5.75 Å². The lowest BCUT2D eigenvalue weighted by atomic mass is 10.1. The van der Waals surface area contributed by atoms with Crippen LogP contribution in [0.2, 0.25) is 5.02 Å². The van der Waals surface area contributed by atoms with E-state index < -0.39 is 0 Å². The van der Waals surface area contributed by atoms with Gasteiger partial charge in [0.25, 0.3) is 5.56 Å². The van der Waals surface area contributed by atoms with Crippen LogP contribution in [0, 0.1) is 0 Å². The van der Waals surface area contributed by atoms with Crippen molar-refractivity contribution in [1.82, 2.24) is 9.97 Å². The predicted molar refractivity (Wildman–Crippen MR) is 93.7 cm³/mol. The lowest BCUT2D eigenvalue weighted by molar-refractivity contribution is -0.0163. The summed E-state index contributed by atoms with van der Waals surface area (Å²) in [5, 5.41) is 1.75. The summed E-state index contributed by atoms with van der Waals surface area (Å²) >= 11 is 7.72. The largest absolute Gasteiger partial charge is 0.466 e. The van der Waals surface area contributed by atoms with Crippen molar-refractivity contribution in [2.24, 2.45) is 0 Å². The molecule has 0 fully saturated rings. The first kappa shape index (κ1) is 15.5. The molecule has 0 amide bonds. The summed E-state index contributed by atoms with van der Waals surface area (Å²) in [4.78, 5) is 19.4. The molecule has 0 spiro atoms. The Kier molecular flexibility index (Phi) is 4.18. The molecule has 0 saturated carbocycles. The summed E-state index contributed by atoms with van der Waals surface area (Å²) in [5.74, 6) is 1.32. The molecule has 1 aliphatic heterocycles. The van der Waals surface area contributed by atoms with Crippen molar-refractivity contribution < 1.29 is 9.47 Å². The quantitative estimate of drug-likeness (QED) is 0.569. The molecule has 5 nitrogen and oxygen atoms in total. The van der Waals surface area contributed by atoms with E-state index in [4.69, 9.17) is 21.1 Å². The number of fused-ring (bicyclic) bond motifs is 2. The number of thioether (sulfide) groups is 1. The van der Waals surface area contributed by atoms with E-state index in [-0.39, 0.29) is 12.4 Å². The Balaban J connectivity index is 1.59. The Bertz CT molecular complexity index is 974. The number of aromatic amines is 1. The van der Waals surface area contributed by atoms with Crippen LogP contribution < -0.4 is 10.3 Å². The van der Waals surface area contributed by atoms with E-state index in [9.17, 15) is 4.79 Å². The standard InChI is InChI=1S/C17H13ClN2O3S/c18-13-6-10(5-11-7-22-9-23-15(11)13)8-24-17-19-14-4-2-1-3-12(14)16(21)20-17/h1-6H,7-9H2,(H,19,20,21). The van der Waals surface area contributed by atoms with Gasteiger partial charge in [0.15, 0.2) is 11.9 Å². The Labute approximate surface area is 147 Å². The molecule has 4 rings (SSSR count). The molecule has 0 unspecified atom stereocenters. The highest BCUT2D eigenvalue weighted by Gasteiger charge is 2.16. The van der Waals surface area contributed by atoms with E-state index in [1.165, 1.54) is 11.8 Å². The van der Waals surface area contributed by atoms with Gasteiger partial charge in [0.1, 0.15) is 5.75 Å². The maximum Gasteiger partial charge on any atom is 0.259 e. The average molecular weight is 361 g/mol. The van der Waals surface area contributed by atoms with Crippen molar-refractivity contribution in [2.75, 3.05) is 6.79 Å². The van der Waals surface area contributed by atoms with Crippen molar-refractivity contribution >= 4 is 34.3 Å². The van der Waals surface area contributed by atoms with Crippen LogP contribution in [-0.4, -0.2) is 16.8 Å². The third-order valence-corrected chi connectivity index (χ3v) is 4.92. The van der Waals surface area contributed by atoms with Gasteiger partial charge in [-0.15, -0.1) is 0 Å². The number of nitrogens with zero attached hydrogens (tertiary/aromatic N) is 1. The normalized spacial score (nSPS) is 13.5. The second kappa shape index (κ2) is 6.47. The fourth-order valence-corrected chi connectivity index (χ4v) is 3.72. The molecule has 0 saturated heterocycles. The zero-order valence-electron chi connectivity index (χ0n) is 12.5. The molecule has 0 bridgehead atoms. The first-order chi connectivity index (χ1) is 11.7. The molecule has 0 aliphatic carbocycles. The summed E-state index contributed by atoms with van der Waals surface area (Å²) in [5.41, 5.74) is 2.51. The van der Waals surface area contributed by atoms with Gasteiger partial charge in [0.05, 0.1) is 22.5 Å². The smallest absolute Gasteiger partial charge is 0.259 e. The molecule has 2 aromatic carbocycles. The average Bonchev–Trinajstić information content (AvgIpc) is 2.60. The molecule has 1 aliphatic rings. The van der Waals surface area contributed by atoms with Crippen molar-refractivity contribution in [2.45, 2.75) is 17.5 Å². The Morgan fingerprint density at radius 1 is 1.29 bits per heavy atom. The SMILES string of the molecule is O=c1[nH]c(SCc2cc(Cl)c3c(c2)COCO3)nc2ccccc12. The minimum Gasteiger partial charge on any atom is -0.466 e. The molecule has 1 N–H and O–H groups in total. The summed E-state index contributed by atoms with van der Waals surface area (Å²) < 4.78 is 10.7. The molecule has 1 aromatic heterocycles. The number of ether oxygens (including phenoxy) is 2. The fourth-order valence-electron chi connectivity index (χ4n) is 2.60. The van der Waals surface area contributed by atoms with E-state index in [0.29, 0.717) is 39.2 Å². The van der Waals surface area contributed by atoms with Gasteiger partial charge >= 0.3 is 0 Å². The van der Waals surface area contributed by atoms with Crippen LogP contribution in [0.5, 0.6) is 5.75 Å². The van der Waals surface area contributed by atoms with E-state index in [2.05, 4.69) is 9.97 Å². The summed E-state index contributed by atoms with van der Waals surface area (Å²) in [7, 11) is 0. The van der Waals surface area contributed by atoms with E-state index in [0.717, 1.165) is 11.1 Å². The van der Waals surface area contributed by atoms with Crippen molar-refractivity contribution in [3.63, 3.8) is 0 Å². The minimum atomic E-state index is -0.131. The zero-order chi connectivity index (χ0) is 16.5. The Morgan fingerprint density at radius 2 is 2.17 bits per heavy atom. The van der Waals surface area contributed by atoms with Gasteiger partial charge in [0.2, 0.25) is 0 Å². The van der Waals surface area contributed by atoms with Crippen LogP contribution in [0.3, 0.4) is 0 Å². The topological polar surface area (TPSA) is 64.2 Å². The van der Waals surface area contributed by atoms with Gasteiger partial charge in [-0.2, -0.15) is 0 Å². The number of nitrogens with one attached hydrogen (secondary N) is 1. The monoisotopic (exact) mass is 360 g/mol. The van der Waals surface area contributed by atoms with Crippen molar-refractivity contribution in [1.29, 1.82) is 0 Å². The van der Waals surface area contributed by atoms with Crippen LogP contribution in [0.15, 0.2) is 46.3 Å². The zero-order valence-corrected chi connectivity index (χ0v) is 14.1. The van der Waals surface area contributed by atoms with E-state index >= 15 is 0 Å². The number of para-hydroxylation sites is 1. The van der Waals surface area contributed by atoms with Gasteiger partial charge in [0, 0.05) is 11.3 Å². The third-order valence-electron chi connectivity index (χ3n) is 3.69. The van der Waals surface area contributed by atoms with E-state index in [1.54, 1.807) is 6.07 Å². The molecule has 24 heavy (non-hydrogen) atoms. The molecular weight excluding hydrogens is 348 g/mol. The van der Waals surface area contributed by atoms with Gasteiger partial charge in [-0.1, -0.05) is 35.5 Å². The highest BCUT2D eigenvalue weighted by molar-refractivity contribution is 7.98. The highest BCUT2D eigenvalue weighted by atomic mass is 35.5. The number of rotatable bonds is 3. The second-order valence-corrected chi connectivity index (χ2v) is 6.72. The highest BCUT2D eigenvalue weighted by Crippen LogP contribution is 2.34. The van der Waals surface area contributed by atoms with Gasteiger partial charge < -0.3 is 14.5 Å². The molecular formula is C17H13ClN2O3S. The van der Waals surface area contributed by atoms with Crippen LogP contribution in [0.1, 0.15) is 11.1 Å².